The highest BCUT2D eigenvalue weighted by atomic mass is 32.2. The Morgan fingerprint density at radius 2 is 1.72 bits per heavy atom. The first-order valence-corrected chi connectivity index (χ1v) is 7.62. The molecule has 0 bridgehead atoms. The van der Waals surface area contributed by atoms with E-state index in [0.29, 0.717) is 5.69 Å². The molecule has 3 nitrogen and oxygen atoms in total. The van der Waals surface area contributed by atoms with Crippen LogP contribution in [0.5, 0.6) is 0 Å². The van der Waals surface area contributed by atoms with E-state index in [2.05, 4.69) is 16.9 Å². The maximum absolute atomic E-state index is 11.4. The van der Waals surface area contributed by atoms with Crippen LogP contribution < -0.4 is 4.72 Å². The van der Waals surface area contributed by atoms with Crippen molar-refractivity contribution in [1.29, 1.82) is 0 Å². The van der Waals surface area contributed by atoms with Crippen LogP contribution >= 0.6 is 0 Å². The Hall–Kier alpha value is -1.81. The van der Waals surface area contributed by atoms with E-state index >= 15 is 0 Å². The van der Waals surface area contributed by atoms with E-state index in [-0.39, 0.29) is 0 Å². The molecule has 4 heteroatoms. The van der Waals surface area contributed by atoms with Gasteiger partial charge in [-0.2, -0.15) is 0 Å². The van der Waals surface area contributed by atoms with E-state index < -0.39 is 10.0 Å². The van der Waals surface area contributed by atoms with Crippen molar-refractivity contribution in [3.8, 4) is 11.1 Å². The third-order valence-corrected chi connectivity index (χ3v) is 3.74. The summed E-state index contributed by atoms with van der Waals surface area (Å²) in [4.78, 5) is 0. The first-order chi connectivity index (χ1) is 8.54. The molecule has 2 aromatic rings. The Balaban J connectivity index is 2.14. The summed E-state index contributed by atoms with van der Waals surface area (Å²) >= 11 is 0. The second kappa shape index (κ2) is 3.85. The highest BCUT2D eigenvalue weighted by Crippen LogP contribution is 2.40. The third-order valence-electron chi connectivity index (χ3n) is 3.15. The molecular weight excluding hydrogens is 246 g/mol. The van der Waals surface area contributed by atoms with Gasteiger partial charge in [0.15, 0.2) is 0 Å². The fraction of sp³-hybridized carbons (Fsp3) is 0.143. The van der Waals surface area contributed by atoms with Gasteiger partial charge in [-0.05, 0) is 28.3 Å². The van der Waals surface area contributed by atoms with Crippen LogP contribution in [0.25, 0.3) is 11.1 Å². The SMILES string of the molecule is CS(=O)(=O)Nc1cccc2c1Cc1ccccc1-2. The second-order valence-electron chi connectivity index (χ2n) is 4.54. The topological polar surface area (TPSA) is 46.2 Å². The normalized spacial score (nSPS) is 12.9. The van der Waals surface area contributed by atoms with Gasteiger partial charge in [-0.1, -0.05) is 36.4 Å². The molecule has 1 aliphatic carbocycles. The molecule has 0 saturated carbocycles. The second-order valence-corrected chi connectivity index (χ2v) is 6.29. The minimum atomic E-state index is -3.24. The average Bonchev–Trinajstić information content (AvgIpc) is 2.67. The van der Waals surface area contributed by atoms with Crippen molar-refractivity contribution in [1.82, 2.24) is 0 Å². The molecule has 92 valence electrons. The third kappa shape index (κ3) is 1.88. The summed E-state index contributed by atoms with van der Waals surface area (Å²) < 4.78 is 25.3. The number of rotatable bonds is 2. The molecule has 0 aromatic heterocycles. The van der Waals surface area contributed by atoms with Gasteiger partial charge in [-0.25, -0.2) is 8.42 Å². The van der Waals surface area contributed by atoms with Crippen LogP contribution in [-0.2, 0) is 16.4 Å². The van der Waals surface area contributed by atoms with Gasteiger partial charge in [0.2, 0.25) is 10.0 Å². The van der Waals surface area contributed by atoms with Crippen molar-refractivity contribution in [2.45, 2.75) is 6.42 Å². The number of anilines is 1. The Kier molecular flexibility index (Phi) is 2.41. The van der Waals surface area contributed by atoms with E-state index in [4.69, 9.17) is 0 Å². The summed E-state index contributed by atoms with van der Waals surface area (Å²) in [5.74, 6) is 0. The molecule has 0 radical (unpaired) electrons. The highest BCUT2D eigenvalue weighted by Gasteiger charge is 2.21. The number of sulfonamides is 1. The Labute approximate surface area is 107 Å². The van der Waals surface area contributed by atoms with E-state index in [1.54, 1.807) is 0 Å². The minimum absolute atomic E-state index is 0.686. The van der Waals surface area contributed by atoms with Crippen LogP contribution in [0.2, 0.25) is 0 Å². The zero-order valence-electron chi connectivity index (χ0n) is 9.97. The van der Waals surface area contributed by atoms with Gasteiger partial charge in [0, 0.05) is 6.42 Å². The summed E-state index contributed by atoms with van der Waals surface area (Å²) in [6.07, 6.45) is 1.96. The van der Waals surface area contributed by atoms with E-state index in [1.807, 2.05) is 30.3 Å². The van der Waals surface area contributed by atoms with Gasteiger partial charge in [0.25, 0.3) is 0 Å². The van der Waals surface area contributed by atoms with E-state index in [0.717, 1.165) is 17.5 Å². The molecule has 0 heterocycles. The van der Waals surface area contributed by atoms with Crippen LogP contribution in [0.4, 0.5) is 5.69 Å². The van der Waals surface area contributed by atoms with Crippen molar-refractivity contribution in [2.24, 2.45) is 0 Å². The standard InChI is InChI=1S/C14H13NO2S/c1-18(16,17)15-14-8-4-7-12-11-6-3-2-5-10(11)9-13(12)14/h2-8,15H,9H2,1H3. The Morgan fingerprint density at radius 3 is 2.50 bits per heavy atom. The van der Waals surface area contributed by atoms with Crippen LogP contribution in [0, 0.1) is 0 Å². The van der Waals surface area contributed by atoms with Crippen molar-refractivity contribution >= 4 is 15.7 Å². The lowest BCUT2D eigenvalue weighted by Crippen LogP contribution is -2.11. The molecule has 1 aliphatic rings. The number of fused-ring (bicyclic) bond motifs is 3. The lowest BCUT2D eigenvalue weighted by atomic mass is 10.1. The van der Waals surface area contributed by atoms with E-state index in [9.17, 15) is 8.42 Å². The average molecular weight is 259 g/mol. The minimum Gasteiger partial charge on any atom is -0.283 e. The maximum Gasteiger partial charge on any atom is 0.229 e. The maximum atomic E-state index is 11.4. The predicted molar refractivity (Wildman–Crippen MR) is 73.2 cm³/mol. The molecule has 0 atom stereocenters. The molecule has 3 rings (SSSR count). The molecule has 0 fully saturated rings. The summed E-state index contributed by atoms with van der Waals surface area (Å²) in [6.45, 7) is 0. The fourth-order valence-corrected chi connectivity index (χ4v) is 3.04. The Morgan fingerprint density at radius 1 is 1.00 bits per heavy atom. The predicted octanol–water partition coefficient (Wildman–Crippen LogP) is 2.63. The van der Waals surface area contributed by atoms with E-state index in [1.165, 1.54) is 17.4 Å². The highest BCUT2D eigenvalue weighted by molar-refractivity contribution is 7.92. The van der Waals surface area contributed by atoms with Crippen molar-refractivity contribution in [2.75, 3.05) is 11.0 Å². The molecule has 0 aliphatic heterocycles. The largest absolute Gasteiger partial charge is 0.283 e. The van der Waals surface area contributed by atoms with Crippen molar-refractivity contribution < 1.29 is 8.42 Å². The van der Waals surface area contributed by atoms with Gasteiger partial charge >= 0.3 is 0 Å². The van der Waals surface area contributed by atoms with Crippen LogP contribution in [0.3, 0.4) is 0 Å². The van der Waals surface area contributed by atoms with Gasteiger partial charge in [-0.15, -0.1) is 0 Å². The van der Waals surface area contributed by atoms with Crippen molar-refractivity contribution in [3.63, 3.8) is 0 Å². The smallest absolute Gasteiger partial charge is 0.229 e. The zero-order valence-corrected chi connectivity index (χ0v) is 10.8. The first kappa shape index (κ1) is 11.3. The molecule has 0 spiro atoms. The molecule has 0 saturated heterocycles. The van der Waals surface area contributed by atoms with Gasteiger partial charge in [0.1, 0.15) is 0 Å². The van der Waals surface area contributed by atoms with Gasteiger partial charge < -0.3 is 0 Å². The number of benzene rings is 2. The first-order valence-electron chi connectivity index (χ1n) is 5.72. The molecule has 1 N–H and O–H groups in total. The van der Waals surface area contributed by atoms with Crippen LogP contribution in [0.15, 0.2) is 42.5 Å². The van der Waals surface area contributed by atoms with Gasteiger partial charge in [-0.3, -0.25) is 4.72 Å². The number of nitrogens with one attached hydrogen (secondary N) is 1. The summed E-state index contributed by atoms with van der Waals surface area (Å²) in [6, 6.07) is 13.9. The quantitative estimate of drug-likeness (QED) is 0.769. The number of hydrogen-bond acceptors (Lipinski definition) is 2. The lowest BCUT2D eigenvalue weighted by Gasteiger charge is -2.09. The van der Waals surface area contributed by atoms with Crippen molar-refractivity contribution in [3.05, 3.63) is 53.6 Å². The monoisotopic (exact) mass is 259 g/mol. The molecule has 2 aromatic carbocycles. The van der Waals surface area contributed by atoms with Crippen LogP contribution in [0.1, 0.15) is 11.1 Å². The Bertz CT molecular complexity index is 720. The lowest BCUT2D eigenvalue weighted by molar-refractivity contribution is 0.607. The fourth-order valence-electron chi connectivity index (χ4n) is 2.45. The molecule has 0 amide bonds. The summed E-state index contributed by atoms with van der Waals surface area (Å²) in [5, 5.41) is 0. The molecule has 0 unspecified atom stereocenters. The molecule has 18 heavy (non-hydrogen) atoms. The van der Waals surface area contributed by atoms with Crippen LogP contribution in [-0.4, -0.2) is 14.7 Å². The summed E-state index contributed by atoms with van der Waals surface area (Å²) in [7, 11) is -3.24. The zero-order chi connectivity index (χ0) is 12.8. The number of hydrogen-bond donors (Lipinski definition) is 1. The van der Waals surface area contributed by atoms with Gasteiger partial charge in [0.05, 0.1) is 11.9 Å². The summed E-state index contributed by atoms with van der Waals surface area (Å²) in [5.41, 5.74) is 5.31. The molecular formula is C14H13NO2S.